The van der Waals surface area contributed by atoms with E-state index in [9.17, 15) is 9.59 Å². The first kappa shape index (κ1) is 35.7. The maximum absolute atomic E-state index is 10.6. The molecule has 2 aromatic heterocycles. The van der Waals surface area contributed by atoms with Gasteiger partial charge in [-0.1, -0.05) is 59.6 Å². The summed E-state index contributed by atoms with van der Waals surface area (Å²) in [5.41, 5.74) is 2.09. The van der Waals surface area contributed by atoms with Gasteiger partial charge in [0, 0.05) is 43.1 Å². The van der Waals surface area contributed by atoms with E-state index in [4.69, 9.17) is 56.4 Å². The van der Waals surface area contributed by atoms with Crippen molar-refractivity contribution in [3.8, 4) is 23.3 Å². The number of carbonyl (C=O) groups excluding carboxylic acids is 2. The highest BCUT2D eigenvalue weighted by Gasteiger charge is 2.27. The minimum atomic E-state index is -0.622. The van der Waals surface area contributed by atoms with Crippen molar-refractivity contribution in [2.45, 2.75) is 12.2 Å². The van der Waals surface area contributed by atoms with E-state index in [1.165, 1.54) is 52.4 Å². The number of halogens is 2. The van der Waals surface area contributed by atoms with Crippen LogP contribution in [0.25, 0.3) is 5.57 Å². The van der Waals surface area contributed by atoms with E-state index >= 15 is 0 Å². The molecule has 0 amide bonds. The van der Waals surface area contributed by atoms with Crippen molar-refractivity contribution in [3.05, 3.63) is 101 Å². The molecule has 0 radical (unpaired) electrons. The molecule has 15 heteroatoms. The van der Waals surface area contributed by atoms with Gasteiger partial charge < -0.3 is 33.2 Å². The number of aromatic nitrogens is 4. The number of para-hydroxylation sites is 2. The van der Waals surface area contributed by atoms with E-state index in [1.807, 2.05) is 36.4 Å². The summed E-state index contributed by atoms with van der Waals surface area (Å²) in [5, 5.41) is 0.546. The van der Waals surface area contributed by atoms with Crippen LogP contribution < -0.4 is 9.47 Å². The maximum Gasteiger partial charge on any atom is 0.293 e. The van der Waals surface area contributed by atoms with E-state index < -0.39 is 12.2 Å². The van der Waals surface area contributed by atoms with Crippen LogP contribution in [0.15, 0.2) is 79.6 Å². The van der Waals surface area contributed by atoms with Crippen LogP contribution in [0.1, 0.15) is 17.0 Å². The van der Waals surface area contributed by atoms with Gasteiger partial charge in [0.2, 0.25) is 11.8 Å². The van der Waals surface area contributed by atoms with Gasteiger partial charge in [0.15, 0.2) is 6.29 Å². The average molecular weight is 674 g/mol. The molecular weight excluding hydrogens is 643 g/mol. The SMILES string of the molecule is CO/C=C(/COC=O)c1ccccc1Oc1cc(Cl)ncn1.COC(OC)C(COC=O)c1ccccc1Oc1cc(Cl)ncn1. The summed E-state index contributed by atoms with van der Waals surface area (Å²) in [4.78, 5) is 36.6. The molecule has 0 aliphatic rings. The monoisotopic (exact) mass is 672 g/mol. The zero-order chi connectivity index (χ0) is 33.1. The smallest absolute Gasteiger partial charge is 0.293 e. The molecule has 0 aliphatic carbocycles. The minimum absolute atomic E-state index is 0.0578. The lowest BCUT2D eigenvalue weighted by atomic mass is 9.98. The van der Waals surface area contributed by atoms with Crippen LogP contribution in [-0.2, 0) is 33.3 Å². The normalized spacial score (nSPS) is 11.5. The molecule has 0 bridgehead atoms. The highest BCUT2D eigenvalue weighted by atomic mass is 35.5. The molecule has 0 saturated heterocycles. The van der Waals surface area contributed by atoms with Crippen molar-refractivity contribution in [1.29, 1.82) is 0 Å². The third kappa shape index (κ3) is 11.0. The number of methoxy groups -OCH3 is 3. The van der Waals surface area contributed by atoms with Crippen molar-refractivity contribution < 1.29 is 42.7 Å². The van der Waals surface area contributed by atoms with Crippen LogP contribution in [0.4, 0.5) is 0 Å². The Hall–Kier alpha value is -4.82. The number of hydrogen-bond acceptors (Lipinski definition) is 13. The van der Waals surface area contributed by atoms with E-state index in [1.54, 1.807) is 12.1 Å². The summed E-state index contributed by atoms with van der Waals surface area (Å²) in [6.45, 7) is 0.878. The van der Waals surface area contributed by atoms with Crippen LogP contribution in [0, 0.1) is 0 Å². The largest absolute Gasteiger partial charge is 0.504 e. The lowest BCUT2D eigenvalue weighted by Gasteiger charge is -2.25. The Labute approximate surface area is 275 Å². The van der Waals surface area contributed by atoms with Crippen LogP contribution in [0.5, 0.6) is 23.3 Å². The van der Waals surface area contributed by atoms with Crippen molar-refractivity contribution in [2.75, 3.05) is 34.5 Å². The van der Waals surface area contributed by atoms with Gasteiger partial charge in [0.1, 0.15) is 47.7 Å². The van der Waals surface area contributed by atoms with Crippen molar-refractivity contribution >= 4 is 41.7 Å². The van der Waals surface area contributed by atoms with Gasteiger partial charge in [-0.15, -0.1) is 0 Å². The second-order valence-electron chi connectivity index (χ2n) is 8.76. The summed E-state index contributed by atoms with van der Waals surface area (Å²) < 4.78 is 36.9. The zero-order valence-corrected chi connectivity index (χ0v) is 26.5. The highest BCUT2D eigenvalue weighted by molar-refractivity contribution is 6.29. The molecule has 4 aromatic rings. The van der Waals surface area contributed by atoms with E-state index in [0.29, 0.717) is 47.3 Å². The number of ether oxygens (including phenoxy) is 7. The van der Waals surface area contributed by atoms with Gasteiger partial charge >= 0.3 is 0 Å². The Morgan fingerprint density at radius 1 is 0.761 bits per heavy atom. The Kier molecular flexibility index (Phi) is 15.1. The third-order valence-electron chi connectivity index (χ3n) is 5.90. The van der Waals surface area contributed by atoms with Gasteiger partial charge in [-0.3, -0.25) is 9.59 Å². The molecule has 0 aliphatic heterocycles. The molecule has 0 fully saturated rings. The van der Waals surface area contributed by atoms with Gasteiger partial charge in [0.25, 0.3) is 12.9 Å². The quantitative estimate of drug-likeness (QED) is 0.0603. The lowest BCUT2D eigenvalue weighted by Crippen LogP contribution is -2.27. The van der Waals surface area contributed by atoms with Gasteiger partial charge in [0.05, 0.1) is 19.3 Å². The molecule has 4 rings (SSSR count). The van der Waals surface area contributed by atoms with E-state index in [2.05, 4.69) is 19.9 Å². The molecule has 2 aromatic carbocycles. The molecule has 13 nitrogen and oxygen atoms in total. The van der Waals surface area contributed by atoms with Crippen LogP contribution in [-0.4, -0.2) is 73.7 Å². The van der Waals surface area contributed by atoms with Crippen LogP contribution >= 0.6 is 23.2 Å². The molecule has 0 spiro atoms. The molecular formula is C31H30Cl2N4O9. The summed E-state index contributed by atoms with van der Waals surface area (Å²) >= 11 is 11.7. The summed E-state index contributed by atoms with van der Waals surface area (Å²) in [7, 11) is 4.53. The van der Waals surface area contributed by atoms with Gasteiger partial charge in [-0.2, -0.15) is 0 Å². The third-order valence-corrected chi connectivity index (χ3v) is 6.32. The fourth-order valence-electron chi connectivity index (χ4n) is 4.00. The number of carbonyl (C=O) groups is 2. The first-order chi connectivity index (χ1) is 22.4. The average Bonchev–Trinajstić information content (AvgIpc) is 3.06. The second kappa shape index (κ2) is 19.5. The summed E-state index contributed by atoms with van der Waals surface area (Å²) in [6.07, 6.45) is 3.48. The Morgan fingerprint density at radius 3 is 1.89 bits per heavy atom. The molecule has 0 N–H and O–H groups in total. The predicted octanol–water partition coefficient (Wildman–Crippen LogP) is 5.88. The maximum atomic E-state index is 10.6. The van der Waals surface area contributed by atoms with Gasteiger partial charge in [-0.05, 0) is 12.1 Å². The van der Waals surface area contributed by atoms with Gasteiger partial charge in [-0.25, -0.2) is 19.9 Å². The molecule has 242 valence electrons. The number of benzene rings is 2. The lowest BCUT2D eigenvalue weighted by molar-refractivity contribution is -0.142. The fraction of sp³-hybridized carbons (Fsp3) is 0.226. The van der Waals surface area contributed by atoms with Crippen LogP contribution in [0.3, 0.4) is 0 Å². The molecule has 1 atom stereocenters. The first-order valence-electron chi connectivity index (χ1n) is 13.3. The highest BCUT2D eigenvalue weighted by Crippen LogP contribution is 2.34. The Bertz CT molecular complexity index is 1570. The first-order valence-corrected chi connectivity index (χ1v) is 14.1. The molecule has 0 saturated carbocycles. The zero-order valence-electron chi connectivity index (χ0n) is 24.9. The van der Waals surface area contributed by atoms with Crippen LogP contribution in [0.2, 0.25) is 10.3 Å². The van der Waals surface area contributed by atoms with Crippen molar-refractivity contribution in [3.63, 3.8) is 0 Å². The fourth-order valence-corrected chi connectivity index (χ4v) is 4.27. The Balaban J connectivity index is 0.000000251. The van der Waals surface area contributed by atoms with Crippen molar-refractivity contribution in [2.24, 2.45) is 0 Å². The minimum Gasteiger partial charge on any atom is -0.504 e. The predicted molar refractivity (Wildman–Crippen MR) is 167 cm³/mol. The van der Waals surface area contributed by atoms with Crippen molar-refractivity contribution in [1.82, 2.24) is 19.9 Å². The standard InChI is InChI=1S/C16H17ClN2O5.C15H13ClN2O4/c1-21-16(22-2)12(8-23-10-20)11-5-3-4-6-13(11)24-15-7-14(17)18-9-19-15;1-20-7-11(8-21-10-19)12-4-2-3-5-13(12)22-15-6-14(16)17-9-18-15/h3-7,9-10,12,16H,8H2,1-2H3;2-7,9-10H,8H2,1H3/b;11-7-. The number of nitrogens with zero attached hydrogens (tertiary/aromatic N) is 4. The number of hydrogen-bond donors (Lipinski definition) is 0. The van der Waals surface area contributed by atoms with E-state index in [0.717, 1.165) is 5.56 Å². The molecule has 46 heavy (non-hydrogen) atoms. The topological polar surface area (TPSA) is 150 Å². The summed E-state index contributed by atoms with van der Waals surface area (Å²) in [5.74, 6) is 1.25. The Morgan fingerprint density at radius 2 is 1.33 bits per heavy atom. The van der Waals surface area contributed by atoms with E-state index in [-0.39, 0.29) is 23.5 Å². The molecule has 2 heterocycles. The summed E-state index contributed by atoms with van der Waals surface area (Å²) in [6, 6.07) is 17.5. The number of rotatable bonds is 16. The molecule has 1 unspecified atom stereocenters. The second-order valence-corrected chi connectivity index (χ2v) is 9.53.